The first-order valence-corrected chi connectivity index (χ1v) is 18.2. The fourth-order valence-corrected chi connectivity index (χ4v) is 5.98. The molecule has 0 N–H and O–H groups in total. The molecule has 0 heterocycles. The van der Waals surface area contributed by atoms with Crippen molar-refractivity contribution < 1.29 is 18.1 Å². The standard InChI is InChI=1S/C32H67O4P/c1-4-7-10-13-16-18-20-22-25-28-31-35-37(33,34-30-27-24-15-12-9-6-3)36-32-29-26-23-21-19-17-14-11-8-5-2/h4-32H2,1-3H3. The van der Waals surface area contributed by atoms with E-state index in [4.69, 9.17) is 13.6 Å². The van der Waals surface area contributed by atoms with Crippen molar-refractivity contribution in [1.82, 2.24) is 0 Å². The summed E-state index contributed by atoms with van der Waals surface area (Å²) in [5.74, 6) is 0. The molecule has 0 spiro atoms. The van der Waals surface area contributed by atoms with Crippen molar-refractivity contribution in [2.45, 2.75) is 188 Å². The zero-order valence-electron chi connectivity index (χ0n) is 25.6. The molecule has 37 heavy (non-hydrogen) atoms. The van der Waals surface area contributed by atoms with Crippen LogP contribution in [-0.4, -0.2) is 19.8 Å². The first-order valence-electron chi connectivity index (χ1n) is 16.7. The zero-order chi connectivity index (χ0) is 27.1. The minimum absolute atomic E-state index is 0.472. The van der Waals surface area contributed by atoms with E-state index in [9.17, 15) is 4.57 Å². The Hall–Kier alpha value is 0.110. The number of rotatable bonds is 32. The second kappa shape index (κ2) is 30.6. The van der Waals surface area contributed by atoms with Gasteiger partial charge in [0.1, 0.15) is 0 Å². The quantitative estimate of drug-likeness (QED) is 0.0621. The first kappa shape index (κ1) is 37.1. The van der Waals surface area contributed by atoms with Crippen LogP contribution in [0.15, 0.2) is 0 Å². The van der Waals surface area contributed by atoms with Crippen molar-refractivity contribution in [2.75, 3.05) is 19.8 Å². The van der Waals surface area contributed by atoms with Crippen LogP contribution < -0.4 is 0 Å². The Morgan fingerprint density at radius 2 is 0.514 bits per heavy atom. The van der Waals surface area contributed by atoms with Crippen LogP contribution in [-0.2, 0) is 18.1 Å². The lowest BCUT2D eigenvalue weighted by Gasteiger charge is -2.18. The predicted octanol–water partition coefficient (Wildman–Crippen LogP) is 12.3. The van der Waals surface area contributed by atoms with Crippen LogP contribution >= 0.6 is 7.82 Å². The monoisotopic (exact) mass is 546 g/mol. The van der Waals surface area contributed by atoms with Gasteiger partial charge in [-0.2, -0.15) is 0 Å². The molecule has 0 aromatic heterocycles. The molecule has 0 aliphatic carbocycles. The van der Waals surface area contributed by atoms with E-state index in [2.05, 4.69) is 20.8 Å². The van der Waals surface area contributed by atoms with Gasteiger partial charge in [-0.25, -0.2) is 4.57 Å². The van der Waals surface area contributed by atoms with E-state index in [0.29, 0.717) is 19.8 Å². The zero-order valence-corrected chi connectivity index (χ0v) is 26.5. The molecule has 0 atom stereocenters. The summed E-state index contributed by atoms with van der Waals surface area (Å²) in [5.41, 5.74) is 0. The molecule has 0 amide bonds. The van der Waals surface area contributed by atoms with Crippen LogP contribution in [0.1, 0.15) is 188 Å². The van der Waals surface area contributed by atoms with Crippen LogP contribution in [0.3, 0.4) is 0 Å². The van der Waals surface area contributed by atoms with Crippen LogP contribution in [0, 0.1) is 0 Å². The highest BCUT2D eigenvalue weighted by Crippen LogP contribution is 2.50. The van der Waals surface area contributed by atoms with Gasteiger partial charge in [0.25, 0.3) is 0 Å². The van der Waals surface area contributed by atoms with Gasteiger partial charge in [-0.05, 0) is 19.3 Å². The normalized spacial score (nSPS) is 12.0. The molecule has 0 saturated heterocycles. The summed E-state index contributed by atoms with van der Waals surface area (Å²) in [7, 11) is -3.43. The summed E-state index contributed by atoms with van der Waals surface area (Å²) in [4.78, 5) is 0. The highest BCUT2D eigenvalue weighted by atomic mass is 31.2. The molecule has 0 fully saturated rings. The lowest BCUT2D eigenvalue weighted by Crippen LogP contribution is -2.04. The Morgan fingerprint density at radius 1 is 0.324 bits per heavy atom. The Morgan fingerprint density at radius 3 is 0.730 bits per heavy atom. The Bertz CT molecular complexity index is 442. The van der Waals surface area contributed by atoms with E-state index in [1.165, 1.54) is 128 Å². The summed E-state index contributed by atoms with van der Waals surface area (Å²) < 4.78 is 30.4. The van der Waals surface area contributed by atoms with Crippen molar-refractivity contribution in [2.24, 2.45) is 0 Å². The molecular weight excluding hydrogens is 479 g/mol. The van der Waals surface area contributed by atoms with Crippen LogP contribution in [0.5, 0.6) is 0 Å². The highest BCUT2D eigenvalue weighted by molar-refractivity contribution is 7.48. The molecule has 0 aromatic carbocycles. The molecule has 0 bridgehead atoms. The van der Waals surface area contributed by atoms with Crippen molar-refractivity contribution in [3.8, 4) is 0 Å². The second-order valence-corrected chi connectivity index (χ2v) is 12.7. The number of unbranched alkanes of at least 4 members (excludes halogenated alkanes) is 23. The number of hydrogen-bond donors (Lipinski definition) is 0. The average Bonchev–Trinajstić information content (AvgIpc) is 2.90. The van der Waals surface area contributed by atoms with E-state index in [-0.39, 0.29) is 0 Å². The molecule has 0 unspecified atom stereocenters. The Balaban J connectivity index is 4.01. The highest BCUT2D eigenvalue weighted by Gasteiger charge is 2.26. The number of phosphoric acid groups is 1. The molecule has 0 saturated carbocycles. The topological polar surface area (TPSA) is 44.8 Å². The number of hydrogen-bond acceptors (Lipinski definition) is 4. The SMILES string of the molecule is CCCCCCCCCCCCOP(=O)(OCCCCCCCC)OCCCCCCCCCCCC. The van der Waals surface area contributed by atoms with Crippen LogP contribution in [0.2, 0.25) is 0 Å². The third-order valence-electron chi connectivity index (χ3n) is 7.24. The molecule has 4 nitrogen and oxygen atoms in total. The maximum atomic E-state index is 13.2. The fraction of sp³-hybridized carbons (Fsp3) is 1.00. The van der Waals surface area contributed by atoms with Crippen molar-refractivity contribution in [3.05, 3.63) is 0 Å². The molecular formula is C32H67O4P. The molecule has 0 rings (SSSR count). The van der Waals surface area contributed by atoms with Gasteiger partial charge in [0.15, 0.2) is 0 Å². The second-order valence-electron chi connectivity index (χ2n) is 11.1. The molecule has 0 aliphatic rings. The fourth-order valence-electron chi connectivity index (χ4n) is 4.70. The van der Waals surface area contributed by atoms with E-state index >= 15 is 0 Å². The predicted molar refractivity (Wildman–Crippen MR) is 163 cm³/mol. The van der Waals surface area contributed by atoms with Gasteiger partial charge < -0.3 is 0 Å². The van der Waals surface area contributed by atoms with Gasteiger partial charge in [-0.1, -0.05) is 168 Å². The smallest absolute Gasteiger partial charge is 0.287 e. The molecule has 0 aromatic rings. The molecule has 0 aliphatic heterocycles. The van der Waals surface area contributed by atoms with Gasteiger partial charge in [0.05, 0.1) is 19.8 Å². The first-order chi connectivity index (χ1) is 18.2. The Labute approximate surface area is 233 Å². The number of phosphoric ester groups is 1. The van der Waals surface area contributed by atoms with Gasteiger partial charge in [0, 0.05) is 0 Å². The van der Waals surface area contributed by atoms with Crippen LogP contribution in [0.4, 0.5) is 0 Å². The van der Waals surface area contributed by atoms with Gasteiger partial charge in [0.2, 0.25) is 0 Å². The van der Waals surface area contributed by atoms with Crippen LogP contribution in [0.25, 0.3) is 0 Å². The lowest BCUT2D eigenvalue weighted by atomic mass is 10.1. The Kier molecular flexibility index (Phi) is 30.7. The minimum atomic E-state index is -3.43. The summed E-state index contributed by atoms with van der Waals surface area (Å²) in [6.45, 7) is 8.19. The van der Waals surface area contributed by atoms with E-state index in [0.717, 1.165) is 38.5 Å². The van der Waals surface area contributed by atoms with Gasteiger partial charge in [-0.3, -0.25) is 13.6 Å². The van der Waals surface area contributed by atoms with E-state index in [1.54, 1.807) is 0 Å². The molecule has 0 radical (unpaired) electrons. The average molecular weight is 547 g/mol. The maximum Gasteiger partial charge on any atom is 0.474 e. The summed E-state index contributed by atoms with van der Waals surface area (Å²) >= 11 is 0. The van der Waals surface area contributed by atoms with E-state index in [1.807, 2.05) is 0 Å². The van der Waals surface area contributed by atoms with E-state index < -0.39 is 7.82 Å². The molecule has 5 heteroatoms. The molecule has 224 valence electrons. The van der Waals surface area contributed by atoms with Crippen molar-refractivity contribution in [1.29, 1.82) is 0 Å². The summed E-state index contributed by atoms with van der Waals surface area (Å²) in [6, 6.07) is 0. The van der Waals surface area contributed by atoms with Gasteiger partial charge in [-0.15, -0.1) is 0 Å². The summed E-state index contributed by atoms with van der Waals surface area (Å²) in [6.07, 6.45) is 32.6. The van der Waals surface area contributed by atoms with Gasteiger partial charge >= 0.3 is 7.82 Å². The third kappa shape index (κ3) is 28.9. The van der Waals surface area contributed by atoms with Crippen molar-refractivity contribution >= 4 is 7.82 Å². The maximum absolute atomic E-state index is 13.2. The summed E-state index contributed by atoms with van der Waals surface area (Å²) in [5, 5.41) is 0. The lowest BCUT2D eigenvalue weighted by molar-refractivity contribution is 0.108. The minimum Gasteiger partial charge on any atom is -0.287 e. The van der Waals surface area contributed by atoms with Crippen molar-refractivity contribution in [3.63, 3.8) is 0 Å². The largest absolute Gasteiger partial charge is 0.474 e. The third-order valence-corrected chi connectivity index (χ3v) is 8.74.